The summed E-state index contributed by atoms with van der Waals surface area (Å²) in [6.07, 6.45) is 2.50. The van der Waals surface area contributed by atoms with Crippen LogP contribution in [0.25, 0.3) is 0 Å². The molecular formula is C22H30N4O3S. The maximum Gasteiger partial charge on any atom is 0.303 e. The summed E-state index contributed by atoms with van der Waals surface area (Å²) >= 11 is 0. The zero-order valence-corrected chi connectivity index (χ0v) is 18.7. The van der Waals surface area contributed by atoms with Gasteiger partial charge in [0.05, 0.1) is 5.69 Å². The van der Waals surface area contributed by atoms with Gasteiger partial charge in [0.1, 0.15) is 0 Å². The van der Waals surface area contributed by atoms with Crippen LogP contribution in [-0.4, -0.2) is 57.8 Å². The number of likely N-dealkylation sites (tertiary alicyclic amines) is 1. The first kappa shape index (κ1) is 22.3. The van der Waals surface area contributed by atoms with Crippen molar-refractivity contribution in [1.82, 2.24) is 14.5 Å². The standard InChI is InChI=1S/C22H30N4O3S/c1-24(2)30(28,29)25(3)21-12-10-18(11-13-21)22(27)23-16-19-8-4-5-9-20(19)17-26-14-6-7-15-26/h4-5,8-13H,6-7,14-17H2,1-3H3,(H,23,27). The molecule has 1 amide bonds. The number of rotatable bonds is 8. The fraction of sp³-hybridized carbons (Fsp3) is 0.409. The van der Waals surface area contributed by atoms with Crippen molar-refractivity contribution >= 4 is 21.8 Å². The van der Waals surface area contributed by atoms with Crippen LogP contribution in [0.3, 0.4) is 0 Å². The lowest BCUT2D eigenvalue weighted by molar-refractivity contribution is 0.0950. The molecule has 1 N–H and O–H groups in total. The first-order valence-corrected chi connectivity index (χ1v) is 11.5. The molecule has 1 saturated heterocycles. The van der Waals surface area contributed by atoms with E-state index in [-0.39, 0.29) is 5.91 Å². The van der Waals surface area contributed by atoms with Crippen molar-refractivity contribution in [2.75, 3.05) is 38.5 Å². The predicted octanol–water partition coefficient (Wildman–Crippen LogP) is 2.46. The van der Waals surface area contributed by atoms with E-state index in [9.17, 15) is 13.2 Å². The Labute approximate surface area is 179 Å². The highest BCUT2D eigenvalue weighted by Gasteiger charge is 2.21. The maximum absolute atomic E-state index is 12.6. The van der Waals surface area contributed by atoms with E-state index in [2.05, 4.69) is 22.3 Å². The summed E-state index contributed by atoms with van der Waals surface area (Å²) < 4.78 is 26.8. The monoisotopic (exact) mass is 430 g/mol. The van der Waals surface area contributed by atoms with E-state index in [0.717, 1.165) is 29.5 Å². The van der Waals surface area contributed by atoms with Gasteiger partial charge in [-0.1, -0.05) is 24.3 Å². The molecule has 1 aliphatic heterocycles. The highest BCUT2D eigenvalue weighted by Crippen LogP contribution is 2.19. The molecule has 0 unspecified atom stereocenters. The predicted molar refractivity (Wildman–Crippen MR) is 120 cm³/mol. The normalized spacial score (nSPS) is 14.8. The number of nitrogens with one attached hydrogen (secondary N) is 1. The van der Waals surface area contributed by atoms with Crippen molar-refractivity contribution in [2.24, 2.45) is 0 Å². The summed E-state index contributed by atoms with van der Waals surface area (Å²) in [5.41, 5.74) is 3.35. The molecule has 1 fully saturated rings. The van der Waals surface area contributed by atoms with Gasteiger partial charge in [-0.15, -0.1) is 0 Å². The molecule has 2 aromatic rings. The van der Waals surface area contributed by atoms with E-state index in [1.807, 2.05) is 12.1 Å². The fourth-order valence-corrected chi connectivity index (χ4v) is 4.42. The second kappa shape index (κ2) is 9.59. The molecule has 0 radical (unpaired) electrons. The Morgan fingerprint density at radius 1 is 0.967 bits per heavy atom. The second-order valence-electron chi connectivity index (χ2n) is 7.74. The minimum Gasteiger partial charge on any atom is -0.348 e. The minimum absolute atomic E-state index is 0.185. The molecule has 8 heteroatoms. The molecule has 7 nitrogen and oxygen atoms in total. The molecule has 30 heavy (non-hydrogen) atoms. The summed E-state index contributed by atoms with van der Waals surface area (Å²) in [5.74, 6) is -0.185. The third-order valence-electron chi connectivity index (χ3n) is 5.45. The van der Waals surface area contributed by atoms with Crippen LogP contribution in [0.2, 0.25) is 0 Å². The van der Waals surface area contributed by atoms with Crippen LogP contribution in [-0.2, 0) is 23.3 Å². The number of hydrogen-bond donors (Lipinski definition) is 1. The third kappa shape index (κ3) is 5.19. The Morgan fingerprint density at radius 3 is 2.17 bits per heavy atom. The Kier molecular flexibility index (Phi) is 7.12. The van der Waals surface area contributed by atoms with Gasteiger partial charge in [0.2, 0.25) is 0 Å². The quantitative estimate of drug-likeness (QED) is 0.698. The maximum atomic E-state index is 12.6. The van der Waals surface area contributed by atoms with Crippen LogP contribution >= 0.6 is 0 Å². The number of nitrogens with zero attached hydrogens (tertiary/aromatic N) is 3. The first-order chi connectivity index (χ1) is 14.3. The molecule has 0 bridgehead atoms. The SMILES string of the molecule is CN(C)S(=O)(=O)N(C)c1ccc(C(=O)NCc2ccccc2CN2CCCC2)cc1. The molecule has 1 heterocycles. The Balaban J connectivity index is 1.63. The second-order valence-corrected chi connectivity index (χ2v) is 9.91. The molecular weight excluding hydrogens is 400 g/mol. The number of hydrogen-bond acceptors (Lipinski definition) is 4. The van der Waals surface area contributed by atoms with Crippen molar-refractivity contribution < 1.29 is 13.2 Å². The van der Waals surface area contributed by atoms with Gasteiger partial charge < -0.3 is 5.32 Å². The van der Waals surface area contributed by atoms with Crippen molar-refractivity contribution in [3.63, 3.8) is 0 Å². The van der Waals surface area contributed by atoms with Crippen molar-refractivity contribution in [3.05, 3.63) is 65.2 Å². The average molecular weight is 431 g/mol. The topological polar surface area (TPSA) is 73.0 Å². The van der Waals surface area contributed by atoms with Crippen molar-refractivity contribution in [3.8, 4) is 0 Å². The Hall–Kier alpha value is -2.42. The smallest absolute Gasteiger partial charge is 0.303 e. The number of carbonyl (C=O) groups excluding carboxylic acids is 1. The number of benzene rings is 2. The van der Waals surface area contributed by atoms with Crippen LogP contribution in [0.5, 0.6) is 0 Å². The lowest BCUT2D eigenvalue weighted by Gasteiger charge is -2.23. The highest BCUT2D eigenvalue weighted by molar-refractivity contribution is 7.90. The van der Waals surface area contributed by atoms with Crippen molar-refractivity contribution in [1.29, 1.82) is 0 Å². The summed E-state index contributed by atoms with van der Waals surface area (Å²) in [4.78, 5) is 15.0. The van der Waals surface area contributed by atoms with Crippen molar-refractivity contribution in [2.45, 2.75) is 25.9 Å². The van der Waals surface area contributed by atoms with Gasteiger partial charge in [0, 0.05) is 39.8 Å². The van der Waals surface area contributed by atoms with E-state index < -0.39 is 10.2 Å². The fourth-order valence-electron chi connectivity index (χ4n) is 3.54. The average Bonchev–Trinajstić information content (AvgIpc) is 3.25. The molecule has 3 rings (SSSR count). The van der Waals surface area contributed by atoms with Gasteiger partial charge in [0.15, 0.2) is 0 Å². The summed E-state index contributed by atoms with van der Waals surface area (Å²) in [7, 11) is 0.889. The molecule has 0 aliphatic carbocycles. The Morgan fingerprint density at radius 2 is 1.57 bits per heavy atom. The first-order valence-electron chi connectivity index (χ1n) is 10.1. The summed E-state index contributed by atoms with van der Waals surface area (Å²) in [5, 5.41) is 2.98. The largest absolute Gasteiger partial charge is 0.348 e. The van der Waals surface area contributed by atoms with E-state index >= 15 is 0 Å². The zero-order chi connectivity index (χ0) is 21.7. The number of anilines is 1. The van der Waals surface area contributed by atoms with Gasteiger partial charge in [-0.05, 0) is 61.3 Å². The zero-order valence-electron chi connectivity index (χ0n) is 17.8. The van der Waals surface area contributed by atoms with Crippen LogP contribution in [0, 0.1) is 0 Å². The van der Waals surface area contributed by atoms with Gasteiger partial charge in [-0.25, -0.2) is 0 Å². The van der Waals surface area contributed by atoms with E-state index in [4.69, 9.17) is 0 Å². The van der Waals surface area contributed by atoms with E-state index in [1.54, 1.807) is 24.3 Å². The molecule has 0 atom stereocenters. The third-order valence-corrected chi connectivity index (χ3v) is 7.28. The molecule has 0 aromatic heterocycles. The lowest BCUT2D eigenvalue weighted by atomic mass is 10.1. The minimum atomic E-state index is -3.56. The van der Waals surface area contributed by atoms with Gasteiger partial charge >= 0.3 is 10.2 Å². The molecule has 0 spiro atoms. The Bertz CT molecular complexity index is 968. The lowest BCUT2D eigenvalue weighted by Crippen LogP contribution is -2.37. The summed E-state index contributed by atoms with van der Waals surface area (Å²) in [6, 6.07) is 14.8. The van der Waals surface area contributed by atoms with Gasteiger partial charge in [0.25, 0.3) is 5.91 Å². The molecule has 0 saturated carbocycles. The van der Waals surface area contributed by atoms with E-state index in [0.29, 0.717) is 17.8 Å². The summed E-state index contributed by atoms with van der Waals surface area (Å²) in [6.45, 7) is 3.63. The molecule has 2 aromatic carbocycles. The van der Waals surface area contributed by atoms with Gasteiger partial charge in [-0.3, -0.25) is 14.0 Å². The number of carbonyl (C=O) groups is 1. The molecule has 1 aliphatic rings. The van der Waals surface area contributed by atoms with Crippen LogP contribution in [0.4, 0.5) is 5.69 Å². The van der Waals surface area contributed by atoms with Crippen LogP contribution in [0.15, 0.2) is 48.5 Å². The number of amides is 1. The van der Waals surface area contributed by atoms with Crippen LogP contribution in [0.1, 0.15) is 34.3 Å². The highest BCUT2D eigenvalue weighted by atomic mass is 32.2. The van der Waals surface area contributed by atoms with E-state index in [1.165, 1.54) is 43.9 Å². The van der Waals surface area contributed by atoms with Crippen LogP contribution < -0.4 is 9.62 Å². The van der Waals surface area contributed by atoms with Gasteiger partial charge in [-0.2, -0.15) is 12.7 Å². The molecule has 162 valence electrons.